The third-order valence-electron chi connectivity index (χ3n) is 6.35. The van der Waals surface area contributed by atoms with Gasteiger partial charge in [0.2, 0.25) is 10.0 Å². The van der Waals surface area contributed by atoms with Crippen LogP contribution in [-0.2, 0) is 27.9 Å². The van der Waals surface area contributed by atoms with Crippen molar-refractivity contribution in [2.24, 2.45) is 5.92 Å². The Bertz CT molecular complexity index is 1500. The van der Waals surface area contributed by atoms with E-state index >= 15 is 0 Å². The molecule has 1 aromatic carbocycles. The van der Waals surface area contributed by atoms with Crippen LogP contribution in [0, 0.1) is 12.8 Å². The topological polar surface area (TPSA) is 133 Å². The van der Waals surface area contributed by atoms with Crippen LogP contribution in [0.2, 0.25) is 0 Å². The van der Waals surface area contributed by atoms with Crippen molar-refractivity contribution in [3.8, 4) is 0 Å². The van der Waals surface area contributed by atoms with Gasteiger partial charge in [0, 0.05) is 31.0 Å². The second-order valence-electron chi connectivity index (χ2n) is 9.38. The van der Waals surface area contributed by atoms with E-state index in [1.165, 1.54) is 22.8 Å². The number of ketones is 1. The quantitative estimate of drug-likeness (QED) is 0.548. The Labute approximate surface area is 189 Å². The largest absolute Gasteiger partial charge is 0.359 e. The number of rotatable bonds is 7. The maximum absolute atomic E-state index is 13.3. The van der Waals surface area contributed by atoms with Crippen molar-refractivity contribution in [3.05, 3.63) is 56.6 Å². The number of Topliss-reactive ketones (excluding diaryl/α,β-unsaturated/α-hetero) is 1. The number of benzene rings is 1. The zero-order valence-corrected chi connectivity index (χ0v) is 19.1. The van der Waals surface area contributed by atoms with E-state index in [2.05, 4.69) is 9.88 Å². The van der Waals surface area contributed by atoms with E-state index in [1.807, 2.05) is 6.92 Å². The number of hydrogen-bond donors (Lipinski definition) is 1. The van der Waals surface area contributed by atoms with E-state index in [-0.39, 0.29) is 35.1 Å². The number of hydrogen-bond acceptors (Lipinski definition) is 7. The van der Waals surface area contributed by atoms with Crippen LogP contribution in [0.25, 0.3) is 10.9 Å². The molecule has 0 spiro atoms. The number of nitrogens with zero attached hydrogens (tertiary/aromatic N) is 3. The fourth-order valence-corrected chi connectivity index (χ4v) is 5.67. The molecule has 2 saturated carbocycles. The van der Waals surface area contributed by atoms with Gasteiger partial charge in [0.25, 0.3) is 5.56 Å². The van der Waals surface area contributed by atoms with E-state index in [4.69, 9.17) is 4.52 Å². The van der Waals surface area contributed by atoms with Gasteiger partial charge < -0.3 is 4.52 Å². The van der Waals surface area contributed by atoms with Gasteiger partial charge >= 0.3 is 5.69 Å². The van der Waals surface area contributed by atoms with E-state index in [1.54, 1.807) is 13.0 Å². The zero-order chi connectivity index (χ0) is 23.5. The van der Waals surface area contributed by atoms with Gasteiger partial charge in [-0.15, -0.1) is 0 Å². The molecular formula is C22H24N4O6S. The average Bonchev–Trinajstić information content (AvgIpc) is 3.30. The predicted octanol–water partition coefficient (Wildman–Crippen LogP) is 1.32. The van der Waals surface area contributed by atoms with Crippen molar-refractivity contribution >= 4 is 26.7 Å². The molecule has 10 nitrogen and oxygen atoms in total. The lowest BCUT2D eigenvalue weighted by Crippen LogP contribution is -2.42. The molecule has 2 aromatic heterocycles. The first kappa shape index (κ1) is 21.8. The number of aryl methyl sites for hydroxylation is 1. The number of aromatic nitrogens is 3. The van der Waals surface area contributed by atoms with Gasteiger partial charge in [0.15, 0.2) is 5.76 Å². The molecule has 5 rings (SSSR count). The number of carbonyl (C=O) groups is 1. The first-order valence-electron chi connectivity index (χ1n) is 10.8. The summed E-state index contributed by atoms with van der Waals surface area (Å²) in [6.07, 6.45) is 2.26. The SMILES string of the molecule is Cc1cc(Cn2c(=O)c3cc(S(=O)(=O)NC4(C)CC4)ccc3n(CC3CC(=O)C3)c2=O)on1. The fourth-order valence-electron chi connectivity index (χ4n) is 4.18. The Morgan fingerprint density at radius 2 is 1.88 bits per heavy atom. The molecule has 0 saturated heterocycles. The van der Waals surface area contributed by atoms with Gasteiger partial charge in [-0.25, -0.2) is 17.9 Å². The van der Waals surface area contributed by atoms with Crippen LogP contribution >= 0.6 is 0 Å². The molecule has 2 aliphatic carbocycles. The monoisotopic (exact) mass is 472 g/mol. The summed E-state index contributed by atoms with van der Waals surface area (Å²) in [5, 5.41) is 3.91. The van der Waals surface area contributed by atoms with Crippen LogP contribution in [0.4, 0.5) is 0 Å². The van der Waals surface area contributed by atoms with E-state index < -0.39 is 26.8 Å². The molecule has 2 fully saturated rings. The van der Waals surface area contributed by atoms with Gasteiger partial charge in [-0.3, -0.25) is 18.7 Å². The van der Waals surface area contributed by atoms with Crippen molar-refractivity contribution in [2.45, 2.75) is 63.1 Å². The number of sulfonamides is 1. The van der Waals surface area contributed by atoms with E-state index in [0.717, 1.165) is 17.4 Å². The summed E-state index contributed by atoms with van der Waals surface area (Å²) in [7, 11) is -3.84. The summed E-state index contributed by atoms with van der Waals surface area (Å²) in [6.45, 7) is 3.69. The molecule has 174 valence electrons. The number of fused-ring (bicyclic) bond motifs is 1. The van der Waals surface area contributed by atoms with Crippen LogP contribution in [-0.4, -0.2) is 34.0 Å². The van der Waals surface area contributed by atoms with Gasteiger partial charge in [0.05, 0.1) is 28.0 Å². The summed E-state index contributed by atoms with van der Waals surface area (Å²) in [5.41, 5.74) is -0.667. The van der Waals surface area contributed by atoms with Gasteiger partial charge in [-0.05, 0) is 50.8 Å². The highest BCUT2D eigenvalue weighted by Crippen LogP contribution is 2.36. The third-order valence-corrected chi connectivity index (χ3v) is 7.99. The third kappa shape index (κ3) is 4.06. The second-order valence-corrected chi connectivity index (χ2v) is 11.1. The first-order chi connectivity index (χ1) is 15.5. The van der Waals surface area contributed by atoms with Crippen LogP contribution in [0.3, 0.4) is 0 Å². The summed E-state index contributed by atoms with van der Waals surface area (Å²) < 4.78 is 36.1. The molecule has 1 N–H and O–H groups in total. The lowest BCUT2D eigenvalue weighted by molar-refractivity contribution is -0.127. The Balaban J connectivity index is 1.65. The molecule has 11 heteroatoms. The minimum atomic E-state index is -3.84. The van der Waals surface area contributed by atoms with E-state index in [0.29, 0.717) is 29.8 Å². The zero-order valence-electron chi connectivity index (χ0n) is 18.3. The molecule has 3 aromatic rings. The minimum Gasteiger partial charge on any atom is -0.359 e. The number of nitrogens with one attached hydrogen (secondary N) is 1. The van der Waals surface area contributed by atoms with Crippen LogP contribution in [0.1, 0.15) is 44.1 Å². The second kappa shape index (κ2) is 7.49. The Hall–Kier alpha value is -3.05. The molecule has 0 radical (unpaired) electrons. The maximum Gasteiger partial charge on any atom is 0.331 e. The van der Waals surface area contributed by atoms with Crippen molar-refractivity contribution in [3.63, 3.8) is 0 Å². The lowest BCUT2D eigenvalue weighted by Gasteiger charge is -2.26. The minimum absolute atomic E-state index is 0.00299. The summed E-state index contributed by atoms with van der Waals surface area (Å²) >= 11 is 0. The Morgan fingerprint density at radius 3 is 2.48 bits per heavy atom. The summed E-state index contributed by atoms with van der Waals surface area (Å²) in [5.74, 6) is 0.469. The highest BCUT2D eigenvalue weighted by molar-refractivity contribution is 7.89. The van der Waals surface area contributed by atoms with E-state index in [9.17, 15) is 22.8 Å². The molecule has 33 heavy (non-hydrogen) atoms. The van der Waals surface area contributed by atoms with Crippen molar-refractivity contribution in [1.29, 1.82) is 0 Å². The smallest absolute Gasteiger partial charge is 0.331 e. The maximum atomic E-state index is 13.3. The molecule has 0 unspecified atom stereocenters. The van der Waals surface area contributed by atoms with Crippen LogP contribution < -0.4 is 16.0 Å². The lowest BCUT2D eigenvalue weighted by atomic mass is 9.84. The highest BCUT2D eigenvalue weighted by atomic mass is 32.2. The molecule has 0 bridgehead atoms. The van der Waals surface area contributed by atoms with Crippen molar-refractivity contribution in [2.75, 3.05) is 0 Å². The first-order valence-corrected chi connectivity index (χ1v) is 12.3. The summed E-state index contributed by atoms with van der Waals surface area (Å²) in [6, 6.07) is 5.84. The fraction of sp³-hybridized carbons (Fsp3) is 0.455. The van der Waals surface area contributed by atoms with Gasteiger partial charge in [-0.2, -0.15) is 0 Å². The predicted molar refractivity (Wildman–Crippen MR) is 119 cm³/mol. The van der Waals surface area contributed by atoms with Crippen LogP contribution in [0.5, 0.6) is 0 Å². The van der Waals surface area contributed by atoms with Crippen LogP contribution in [0.15, 0.2) is 43.3 Å². The standard InChI is InChI=1S/C22H24N4O6S/c1-13-7-16(32-23-13)12-26-20(28)18-10-17(33(30,31)24-22(2)5-6-22)3-4-19(18)25(21(26)29)11-14-8-15(27)9-14/h3-4,7,10,14,24H,5-6,8-9,11-12H2,1-2H3. The molecule has 0 amide bonds. The highest BCUT2D eigenvalue weighted by Gasteiger charge is 2.41. The van der Waals surface area contributed by atoms with Gasteiger partial charge in [0.1, 0.15) is 5.78 Å². The molecule has 0 atom stereocenters. The summed E-state index contributed by atoms with van der Waals surface area (Å²) in [4.78, 5) is 38.0. The van der Waals surface area contributed by atoms with Gasteiger partial charge in [-0.1, -0.05) is 5.16 Å². The molecule has 0 aliphatic heterocycles. The average molecular weight is 473 g/mol. The number of carbonyl (C=O) groups excluding carboxylic acids is 1. The molecule has 2 aliphatic rings. The normalized spacial score (nSPS) is 17.9. The Morgan fingerprint density at radius 1 is 1.15 bits per heavy atom. The molecule has 2 heterocycles. The van der Waals surface area contributed by atoms with Crippen molar-refractivity contribution in [1.82, 2.24) is 19.0 Å². The Kier molecular flexibility index (Phi) is 4.94. The molecular weight excluding hydrogens is 448 g/mol. The van der Waals surface area contributed by atoms with Crippen molar-refractivity contribution < 1.29 is 17.7 Å².